The second-order valence-electron chi connectivity index (χ2n) is 4.54. The lowest BCUT2D eigenvalue weighted by molar-refractivity contribution is -0.145. The number of hydrogen-bond donors (Lipinski definition) is 0. The molecular formula is C14H14O2. The van der Waals surface area contributed by atoms with E-state index in [2.05, 4.69) is 30.3 Å². The van der Waals surface area contributed by atoms with Crippen molar-refractivity contribution < 1.29 is 9.53 Å². The van der Waals surface area contributed by atoms with Gasteiger partial charge in [0.1, 0.15) is 6.10 Å². The van der Waals surface area contributed by atoms with E-state index in [1.165, 1.54) is 18.1 Å². The number of esters is 1. The van der Waals surface area contributed by atoms with Gasteiger partial charge in [-0.3, -0.25) is 4.79 Å². The minimum absolute atomic E-state index is 0.0719. The Kier molecular flexibility index (Phi) is 2.10. The number of carbonyl (C=O) groups excluding carboxylic acids is 1. The van der Waals surface area contributed by atoms with Crippen molar-refractivity contribution in [3.63, 3.8) is 0 Å². The van der Waals surface area contributed by atoms with Gasteiger partial charge in [-0.25, -0.2) is 0 Å². The summed E-state index contributed by atoms with van der Waals surface area (Å²) in [5.74, 6) is 0.681. The molecule has 16 heavy (non-hydrogen) atoms. The van der Waals surface area contributed by atoms with Crippen LogP contribution in [0.5, 0.6) is 0 Å². The van der Waals surface area contributed by atoms with Crippen LogP contribution in [-0.4, -0.2) is 12.1 Å². The number of ether oxygens (including phenoxy) is 1. The van der Waals surface area contributed by atoms with E-state index in [1.807, 2.05) is 6.08 Å². The SMILES string of the molecule is CC(=O)O[C@@H]1C=C[C@@H]2C[C@H]1c1ccccc12. The van der Waals surface area contributed by atoms with Crippen molar-refractivity contribution in [2.24, 2.45) is 0 Å². The summed E-state index contributed by atoms with van der Waals surface area (Å²) in [6, 6.07) is 8.47. The van der Waals surface area contributed by atoms with Gasteiger partial charge in [-0.15, -0.1) is 0 Å². The molecule has 3 rings (SSSR count). The van der Waals surface area contributed by atoms with Crippen LogP contribution in [0.15, 0.2) is 36.4 Å². The highest BCUT2D eigenvalue weighted by atomic mass is 16.5. The first-order chi connectivity index (χ1) is 7.75. The third-order valence-corrected chi connectivity index (χ3v) is 3.53. The molecule has 2 bridgehead atoms. The number of rotatable bonds is 1. The number of carbonyl (C=O) groups is 1. The van der Waals surface area contributed by atoms with Gasteiger partial charge in [-0.2, -0.15) is 0 Å². The minimum atomic E-state index is -0.197. The maximum atomic E-state index is 11.0. The molecule has 0 aliphatic heterocycles. The van der Waals surface area contributed by atoms with Crippen LogP contribution >= 0.6 is 0 Å². The zero-order valence-corrected chi connectivity index (χ0v) is 9.22. The molecule has 0 unspecified atom stereocenters. The first kappa shape index (κ1) is 9.64. The third kappa shape index (κ3) is 1.37. The average molecular weight is 214 g/mol. The van der Waals surface area contributed by atoms with Gasteiger partial charge >= 0.3 is 5.97 Å². The smallest absolute Gasteiger partial charge is 0.303 e. The fourth-order valence-electron chi connectivity index (χ4n) is 2.90. The predicted molar refractivity (Wildman–Crippen MR) is 61.2 cm³/mol. The Morgan fingerprint density at radius 1 is 1.25 bits per heavy atom. The molecular weight excluding hydrogens is 200 g/mol. The zero-order valence-electron chi connectivity index (χ0n) is 9.22. The Morgan fingerprint density at radius 2 is 2.00 bits per heavy atom. The molecule has 2 aliphatic carbocycles. The Morgan fingerprint density at radius 3 is 2.75 bits per heavy atom. The molecule has 0 N–H and O–H groups in total. The molecule has 1 aromatic carbocycles. The largest absolute Gasteiger partial charge is 0.458 e. The molecule has 1 aromatic rings. The van der Waals surface area contributed by atoms with Crippen molar-refractivity contribution in [2.75, 3.05) is 0 Å². The van der Waals surface area contributed by atoms with E-state index in [4.69, 9.17) is 4.74 Å². The first-order valence-electron chi connectivity index (χ1n) is 5.70. The van der Waals surface area contributed by atoms with Crippen LogP contribution in [0.2, 0.25) is 0 Å². The predicted octanol–water partition coefficient (Wildman–Crippen LogP) is 2.76. The summed E-state index contributed by atoms with van der Waals surface area (Å²) in [7, 11) is 0. The Balaban J connectivity index is 1.98. The van der Waals surface area contributed by atoms with E-state index in [1.54, 1.807) is 0 Å². The van der Waals surface area contributed by atoms with E-state index in [9.17, 15) is 4.79 Å². The summed E-state index contributed by atoms with van der Waals surface area (Å²) in [5, 5.41) is 0. The van der Waals surface area contributed by atoms with Gasteiger partial charge in [0.2, 0.25) is 0 Å². The van der Waals surface area contributed by atoms with E-state index >= 15 is 0 Å². The lowest BCUT2D eigenvalue weighted by Crippen LogP contribution is -2.23. The molecule has 2 aliphatic rings. The van der Waals surface area contributed by atoms with Gasteiger partial charge in [0.25, 0.3) is 0 Å². The maximum absolute atomic E-state index is 11.0. The molecule has 0 fully saturated rings. The maximum Gasteiger partial charge on any atom is 0.303 e. The molecule has 3 atom stereocenters. The number of allylic oxidation sites excluding steroid dienone is 1. The van der Waals surface area contributed by atoms with E-state index < -0.39 is 0 Å². The van der Waals surface area contributed by atoms with Crippen LogP contribution in [0.1, 0.15) is 36.3 Å². The highest BCUT2D eigenvalue weighted by Gasteiger charge is 2.38. The van der Waals surface area contributed by atoms with Gasteiger partial charge < -0.3 is 4.74 Å². The first-order valence-corrected chi connectivity index (χ1v) is 5.70. The summed E-state index contributed by atoms with van der Waals surface area (Å²) in [6.07, 6.45) is 5.22. The average Bonchev–Trinajstić information content (AvgIpc) is 2.58. The van der Waals surface area contributed by atoms with Crippen molar-refractivity contribution in [2.45, 2.75) is 31.3 Å². The Labute approximate surface area is 94.9 Å². The second kappa shape index (κ2) is 3.48. The molecule has 0 heterocycles. The Hall–Kier alpha value is -1.57. The summed E-state index contributed by atoms with van der Waals surface area (Å²) in [6.45, 7) is 1.47. The molecule has 0 radical (unpaired) electrons. The fourth-order valence-corrected chi connectivity index (χ4v) is 2.90. The van der Waals surface area contributed by atoms with Crippen LogP contribution in [-0.2, 0) is 9.53 Å². The Bertz CT molecular complexity index is 462. The molecule has 0 saturated carbocycles. The van der Waals surface area contributed by atoms with Crippen LogP contribution in [0.3, 0.4) is 0 Å². The van der Waals surface area contributed by atoms with Gasteiger partial charge in [-0.1, -0.05) is 30.3 Å². The van der Waals surface area contributed by atoms with Crippen LogP contribution < -0.4 is 0 Å². The summed E-state index contributed by atoms with van der Waals surface area (Å²) < 4.78 is 5.35. The van der Waals surface area contributed by atoms with Crippen LogP contribution in [0.25, 0.3) is 0 Å². The molecule has 0 aromatic heterocycles. The van der Waals surface area contributed by atoms with Crippen LogP contribution in [0.4, 0.5) is 0 Å². The molecule has 2 nitrogen and oxygen atoms in total. The lowest BCUT2D eigenvalue weighted by atomic mass is 9.90. The standard InChI is InChI=1S/C14H14O2/c1-9(15)16-14-7-6-10-8-13(14)12-5-3-2-4-11(10)12/h2-7,10,13-14H,8H2,1H3/t10-,13+,14-/m1/s1. The van der Waals surface area contributed by atoms with Gasteiger partial charge in [-0.05, 0) is 23.6 Å². The minimum Gasteiger partial charge on any atom is -0.458 e. The molecule has 0 amide bonds. The van der Waals surface area contributed by atoms with Crippen molar-refractivity contribution in [1.82, 2.24) is 0 Å². The third-order valence-electron chi connectivity index (χ3n) is 3.53. The topological polar surface area (TPSA) is 26.3 Å². The fraction of sp³-hybridized carbons (Fsp3) is 0.357. The van der Waals surface area contributed by atoms with Gasteiger partial charge in [0.05, 0.1) is 0 Å². The number of benzene rings is 1. The van der Waals surface area contributed by atoms with Crippen molar-refractivity contribution >= 4 is 5.97 Å². The zero-order chi connectivity index (χ0) is 11.1. The number of fused-ring (bicyclic) bond motifs is 5. The molecule has 2 heteroatoms. The molecule has 0 saturated heterocycles. The highest BCUT2D eigenvalue weighted by Crippen LogP contribution is 2.48. The van der Waals surface area contributed by atoms with Gasteiger partial charge in [0.15, 0.2) is 0 Å². The van der Waals surface area contributed by atoms with E-state index in [-0.39, 0.29) is 12.1 Å². The van der Waals surface area contributed by atoms with E-state index in [0.29, 0.717) is 11.8 Å². The normalized spacial score (nSPS) is 29.9. The van der Waals surface area contributed by atoms with Gasteiger partial charge in [0, 0.05) is 18.8 Å². The van der Waals surface area contributed by atoms with Crippen molar-refractivity contribution in [3.05, 3.63) is 47.5 Å². The monoisotopic (exact) mass is 214 g/mol. The lowest BCUT2D eigenvalue weighted by Gasteiger charge is -2.24. The molecule has 0 spiro atoms. The van der Waals surface area contributed by atoms with E-state index in [0.717, 1.165) is 6.42 Å². The van der Waals surface area contributed by atoms with Crippen LogP contribution in [0, 0.1) is 0 Å². The van der Waals surface area contributed by atoms with Crippen molar-refractivity contribution in [1.29, 1.82) is 0 Å². The van der Waals surface area contributed by atoms with Crippen molar-refractivity contribution in [3.8, 4) is 0 Å². The summed E-state index contributed by atoms with van der Waals surface area (Å²) >= 11 is 0. The summed E-state index contributed by atoms with van der Waals surface area (Å²) in [4.78, 5) is 11.0. The second-order valence-corrected chi connectivity index (χ2v) is 4.54. The molecule has 82 valence electrons. The number of hydrogen-bond acceptors (Lipinski definition) is 2. The quantitative estimate of drug-likeness (QED) is 0.530. The summed E-state index contributed by atoms with van der Waals surface area (Å²) in [5.41, 5.74) is 2.75. The highest BCUT2D eigenvalue weighted by molar-refractivity contribution is 5.66.